The van der Waals surface area contributed by atoms with E-state index in [-0.39, 0.29) is 11.8 Å². The van der Waals surface area contributed by atoms with E-state index < -0.39 is 0 Å². The van der Waals surface area contributed by atoms with Crippen molar-refractivity contribution in [3.63, 3.8) is 0 Å². The van der Waals surface area contributed by atoms with Crippen LogP contribution < -0.4 is 10.1 Å². The molecule has 1 heterocycles. The van der Waals surface area contributed by atoms with Crippen LogP contribution in [0.1, 0.15) is 62.0 Å². The zero-order chi connectivity index (χ0) is 21.5. The molecule has 0 spiro atoms. The average molecular weight is 423 g/mol. The third kappa shape index (κ3) is 4.73. The fraction of sp³-hybridized carbons (Fsp3) is 0.360. The largest absolute Gasteiger partial charge is 0.493 e. The number of ketones is 1. The normalized spacial score (nSPS) is 16.4. The van der Waals surface area contributed by atoms with Gasteiger partial charge in [-0.15, -0.1) is 0 Å². The van der Waals surface area contributed by atoms with Gasteiger partial charge in [0.25, 0.3) is 0 Å². The van der Waals surface area contributed by atoms with Crippen LogP contribution in [0.3, 0.4) is 0 Å². The fourth-order valence-electron chi connectivity index (χ4n) is 3.82. The summed E-state index contributed by atoms with van der Waals surface area (Å²) in [4.78, 5) is 15.5. The minimum atomic E-state index is -0.351. The average Bonchev–Trinajstić information content (AvgIpc) is 2.77. The molecule has 1 atom stereocenters. The second-order valence-electron chi connectivity index (χ2n) is 7.41. The van der Waals surface area contributed by atoms with Crippen molar-refractivity contribution in [2.45, 2.75) is 46.1 Å². The molecule has 4 nitrogen and oxygen atoms in total. The van der Waals surface area contributed by atoms with Gasteiger partial charge in [0, 0.05) is 28.9 Å². The van der Waals surface area contributed by atoms with Crippen LogP contribution in [0.25, 0.3) is 0 Å². The Labute approximate surface area is 184 Å². The Morgan fingerprint density at radius 2 is 1.77 bits per heavy atom. The highest BCUT2D eigenvalue weighted by molar-refractivity contribution is 7.80. The molecule has 3 rings (SSSR count). The fourth-order valence-corrected chi connectivity index (χ4v) is 4.20. The minimum Gasteiger partial charge on any atom is -0.493 e. The molecule has 2 aromatic rings. The highest BCUT2D eigenvalue weighted by atomic mass is 32.1. The summed E-state index contributed by atoms with van der Waals surface area (Å²) in [7, 11) is 0. The molecule has 1 aliphatic heterocycles. The van der Waals surface area contributed by atoms with Crippen molar-refractivity contribution in [3.05, 3.63) is 77.0 Å². The van der Waals surface area contributed by atoms with Gasteiger partial charge < -0.3 is 15.0 Å². The first-order valence-corrected chi connectivity index (χ1v) is 11.1. The highest BCUT2D eigenvalue weighted by Gasteiger charge is 2.35. The summed E-state index contributed by atoms with van der Waals surface area (Å²) in [5, 5.41) is 4.04. The topological polar surface area (TPSA) is 41.6 Å². The lowest BCUT2D eigenvalue weighted by Crippen LogP contribution is -2.47. The summed E-state index contributed by atoms with van der Waals surface area (Å²) < 4.78 is 6.12. The second kappa shape index (κ2) is 10.4. The lowest BCUT2D eigenvalue weighted by Gasteiger charge is -2.38. The number of carbonyl (C=O) groups excluding carboxylic acids is 1. The molecule has 0 amide bonds. The Hall–Kier alpha value is -2.66. The molecule has 0 radical (unpaired) electrons. The molecule has 1 aliphatic rings. The molecular weight excluding hydrogens is 392 g/mol. The molecule has 5 heteroatoms. The Balaban J connectivity index is 2.03. The quantitative estimate of drug-likeness (QED) is 0.321. The van der Waals surface area contributed by atoms with E-state index in [0.29, 0.717) is 29.4 Å². The number of hydrogen-bond donors (Lipinski definition) is 1. The number of nitrogens with one attached hydrogen (secondary N) is 1. The lowest BCUT2D eigenvalue weighted by molar-refractivity contribution is 0.102. The van der Waals surface area contributed by atoms with Gasteiger partial charge in [0.1, 0.15) is 5.75 Å². The predicted molar refractivity (Wildman–Crippen MR) is 126 cm³/mol. The number of Topliss-reactive ketones (excluding diaryl/α,β-unsaturated/α-hetero) is 1. The zero-order valence-corrected chi connectivity index (χ0v) is 18.8. The SMILES string of the molecule is CCCCCOc1ccccc1C1NC(=S)N(CC)C(C)=C1C(=O)c1ccccc1. The van der Waals surface area contributed by atoms with Gasteiger partial charge in [0.15, 0.2) is 10.9 Å². The molecule has 158 valence electrons. The van der Waals surface area contributed by atoms with Crippen molar-refractivity contribution in [2.75, 3.05) is 13.2 Å². The van der Waals surface area contributed by atoms with Gasteiger partial charge in [0.05, 0.1) is 12.6 Å². The van der Waals surface area contributed by atoms with Crippen LogP contribution in [0, 0.1) is 0 Å². The first kappa shape index (κ1) is 22.0. The minimum absolute atomic E-state index is 0.00679. The van der Waals surface area contributed by atoms with Crippen LogP contribution in [-0.4, -0.2) is 28.9 Å². The van der Waals surface area contributed by atoms with Crippen molar-refractivity contribution in [1.82, 2.24) is 10.2 Å². The lowest BCUT2D eigenvalue weighted by atomic mass is 9.88. The smallest absolute Gasteiger partial charge is 0.193 e. The Morgan fingerprint density at radius 1 is 1.07 bits per heavy atom. The van der Waals surface area contributed by atoms with Gasteiger partial charge in [-0.2, -0.15) is 0 Å². The van der Waals surface area contributed by atoms with E-state index in [2.05, 4.69) is 12.2 Å². The molecule has 0 saturated carbocycles. The molecule has 2 aromatic carbocycles. The molecule has 0 aromatic heterocycles. The maximum Gasteiger partial charge on any atom is 0.193 e. The predicted octanol–water partition coefficient (Wildman–Crippen LogP) is 5.66. The third-order valence-electron chi connectivity index (χ3n) is 5.43. The maximum absolute atomic E-state index is 13.6. The van der Waals surface area contributed by atoms with E-state index in [1.54, 1.807) is 0 Å². The molecule has 1 N–H and O–H groups in total. The summed E-state index contributed by atoms with van der Waals surface area (Å²) in [6, 6.07) is 17.0. The Kier molecular flexibility index (Phi) is 7.63. The van der Waals surface area contributed by atoms with Crippen LogP contribution in [-0.2, 0) is 0 Å². The number of ether oxygens (including phenoxy) is 1. The van der Waals surface area contributed by atoms with Gasteiger partial charge in [-0.25, -0.2) is 0 Å². The second-order valence-corrected chi connectivity index (χ2v) is 7.80. The molecule has 0 fully saturated rings. The van der Waals surface area contributed by atoms with E-state index in [4.69, 9.17) is 17.0 Å². The molecule has 0 aliphatic carbocycles. The van der Waals surface area contributed by atoms with Crippen LogP contribution in [0.15, 0.2) is 65.9 Å². The van der Waals surface area contributed by atoms with Crippen molar-refractivity contribution in [1.29, 1.82) is 0 Å². The molecular formula is C25H30N2O2S. The standard InChI is InChI=1S/C25H30N2O2S/c1-4-6-12-17-29-21-16-11-10-15-20(21)23-22(18(3)27(5-2)25(30)26-23)24(28)19-13-8-7-9-14-19/h7-11,13-16,23H,4-6,12,17H2,1-3H3,(H,26,30). The van der Waals surface area contributed by atoms with E-state index in [0.717, 1.165) is 36.3 Å². The summed E-state index contributed by atoms with van der Waals surface area (Å²) in [6.45, 7) is 7.55. The number of rotatable bonds is 9. The van der Waals surface area contributed by atoms with Crippen LogP contribution in [0.4, 0.5) is 0 Å². The maximum atomic E-state index is 13.6. The number of thiocarbonyl (C=S) groups is 1. The number of carbonyl (C=O) groups is 1. The molecule has 1 unspecified atom stereocenters. The number of nitrogens with zero attached hydrogens (tertiary/aromatic N) is 1. The van der Waals surface area contributed by atoms with E-state index in [1.807, 2.05) is 73.3 Å². The van der Waals surface area contributed by atoms with Gasteiger partial charge in [-0.3, -0.25) is 4.79 Å². The highest BCUT2D eigenvalue weighted by Crippen LogP contribution is 2.37. The molecule has 0 saturated heterocycles. The number of hydrogen-bond acceptors (Lipinski definition) is 3. The zero-order valence-electron chi connectivity index (χ0n) is 18.0. The van der Waals surface area contributed by atoms with Gasteiger partial charge in [0.2, 0.25) is 0 Å². The third-order valence-corrected chi connectivity index (χ3v) is 5.77. The summed E-state index contributed by atoms with van der Waals surface area (Å²) >= 11 is 5.63. The van der Waals surface area contributed by atoms with Crippen LogP contribution >= 0.6 is 12.2 Å². The first-order valence-electron chi connectivity index (χ1n) is 10.7. The van der Waals surface area contributed by atoms with Crippen molar-refractivity contribution >= 4 is 23.1 Å². The van der Waals surface area contributed by atoms with Crippen molar-refractivity contribution in [3.8, 4) is 5.75 Å². The van der Waals surface area contributed by atoms with Gasteiger partial charge in [-0.05, 0) is 38.6 Å². The van der Waals surface area contributed by atoms with Crippen molar-refractivity contribution < 1.29 is 9.53 Å². The van der Waals surface area contributed by atoms with Crippen LogP contribution in [0.2, 0.25) is 0 Å². The summed E-state index contributed by atoms with van der Waals surface area (Å²) in [6.07, 6.45) is 3.29. The number of benzene rings is 2. The van der Waals surface area contributed by atoms with E-state index in [1.165, 1.54) is 0 Å². The van der Waals surface area contributed by atoms with Gasteiger partial charge in [-0.1, -0.05) is 68.3 Å². The number of unbranched alkanes of at least 4 members (excludes halogenated alkanes) is 2. The Morgan fingerprint density at radius 3 is 2.47 bits per heavy atom. The van der Waals surface area contributed by atoms with Gasteiger partial charge >= 0.3 is 0 Å². The summed E-state index contributed by atoms with van der Waals surface area (Å²) in [5.74, 6) is 0.803. The van der Waals surface area contributed by atoms with Crippen LogP contribution in [0.5, 0.6) is 5.75 Å². The summed E-state index contributed by atoms with van der Waals surface area (Å²) in [5.41, 5.74) is 3.21. The monoisotopic (exact) mass is 422 g/mol. The van der Waals surface area contributed by atoms with E-state index >= 15 is 0 Å². The molecule has 0 bridgehead atoms. The molecule has 30 heavy (non-hydrogen) atoms. The first-order chi connectivity index (χ1) is 14.6. The number of para-hydroxylation sites is 1. The Bertz CT molecular complexity index is 924. The van der Waals surface area contributed by atoms with Crippen molar-refractivity contribution in [2.24, 2.45) is 0 Å². The van der Waals surface area contributed by atoms with E-state index in [9.17, 15) is 4.79 Å². The number of allylic oxidation sites excluding steroid dienone is 1.